The highest BCUT2D eigenvalue weighted by Crippen LogP contribution is 2.45. The van der Waals surface area contributed by atoms with Crippen molar-refractivity contribution < 1.29 is 4.74 Å². The van der Waals surface area contributed by atoms with Gasteiger partial charge in [0.1, 0.15) is 0 Å². The third-order valence-corrected chi connectivity index (χ3v) is 4.85. The summed E-state index contributed by atoms with van der Waals surface area (Å²) in [6, 6.07) is 1.37. The highest BCUT2D eigenvalue weighted by Gasteiger charge is 2.39. The Hall–Kier alpha value is -0.0800. The predicted molar refractivity (Wildman–Crippen MR) is 81.4 cm³/mol. The van der Waals surface area contributed by atoms with Crippen molar-refractivity contribution in [1.82, 2.24) is 5.32 Å². The molecule has 2 rings (SSSR count). The van der Waals surface area contributed by atoms with Crippen LogP contribution in [0.2, 0.25) is 0 Å². The van der Waals surface area contributed by atoms with E-state index in [1.54, 1.807) is 0 Å². The molecule has 2 atom stereocenters. The van der Waals surface area contributed by atoms with Crippen molar-refractivity contribution in [3.63, 3.8) is 0 Å². The van der Waals surface area contributed by atoms with Gasteiger partial charge in [0, 0.05) is 18.7 Å². The Bertz CT molecular complexity index is 282. The summed E-state index contributed by atoms with van der Waals surface area (Å²) < 4.78 is 5.79. The summed E-state index contributed by atoms with van der Waals surface area (Å²) >= 11 is 0. The molecule has 0 aromatic carbocycles. The summed E-state index contributed by atoms with van der Waals surface area (Å²) in [5.41, 5.74) is 0.962. The molecule has 0 radical (unpaired) electrons. The quantitative estimate of drug-likeness (QED) is 0.830. The second-order valence-electron chi connectivity index (χ2n) is 8.40. The fourth-order valence-electron chi connectivity index (χ4n) is 4.61. The molecule has 19 heavy (non-hydrogen) atoms. The van der Waals surface area contributed by atoms with Crippen molar-refractivity contribution >= 4 is 0 Å². The van der Waals surface area contributed by atoms with E-state index in [-0.39, 0.29) is 0 Å². The highest BCUT2D eigenvalue weighted by atomic mass is 16.5. The summed E-state index contributed by atoms with van der Waals surface area (Å²) in [6.07, 6.45) is 8.02. The summed E-state index contributed by atoms with van der Waals surface area (Å²) in [6.45, 7) is 12.9. The van der Waals surface area contributed by atoms with Gasteiger partial charge in [-0.15, -0.1) is 0 Å². The Morgan fingerprint density at radius 1 is 1.05 bits per heavy atom. The third kappa shape index (κ3) is 4.46. The van der Waals surface area contributed by atoms with Crippen molar-refractivity contribution in [1.29, 1.82) is 0 Å². The van der Waals surface area contributed by atoms with Gasteiger partial charge >= 0.3 is 0 Å². The molecule has 112 valence electrons. The SMILES string of the molecule is CCC1CC(NC2CC(C)(C)CC(C)(C)C2)CCO1. The van der Waals surface area contributed by atoms with Gasteiger partial charge < -0.3 is 10.1 Å². The Morgan fingerprint density at radius 2 is 1.68 bits per heavy atom. The van der Waals surface area contributed by atoms with Gasteiger partial charge in [-0.05, 0) is 49.4 Å². The molecular weight excluding hydrogens is 234 g/mol. The van der Waals surface area contributed by atoms with Gasteiger partial charge in [-0.1, -0.05) is 34.6 Å². The van der Waals surface area contributed by atoms with Gasteiger partial charge in [0.2, 0.25) is 0 Å². The molecule has 1 aliphatic carbocycles. The molecule has 1 aliphatic heterocycles. The monoisotopic (exact) mass is 267 g/mol. The average Bonchev–Trinajstić information content (AvgIpc) is 2.24. The molecule has 0 aromatic rings. The van der Waals surface area contributed by atoms with Crippen molar-refractivity contribution in [3.8, 4) is 0 Å². The van der Waals surface area contributed by atoms with Crippen LogP contribution in [-0.2, 0) is 4.74 Å². The molecule has 0 aromatic heterocycles. The van der Waals surface area contributed by atoms with Crippen LogP contribution < -0.4 is 5.32 Å². The zero-order valence-corrected chi connectivity index (χ0v) is 13.6. The van der Waals surface area contributed by atoms with Gasteiger partial charge in [0.25, 0.3) is 0 Å². The van der Waals surface area contributed by atoms with Crippen molar-refractivity contribution in [3.05, 3.63) is 0 Å². The second kappa shape index (κ2) is 5.73. The second-order valence-corrected chi connectivity index (χ2v) is 8.40. The zero-order valence-electron chi connectivity index (χ0n) is 13.6. The van der Waals surface area contributed by atoms with E-state index in [2.05, 4.69) is 39.9 Å². The molecule has 0 amide bonds. The van der Waals surface area contributed by atoms with Crippen molar-refractivity contribution in [2.75, 3.05) is 6.61 Å². The number of hydrogen-bond acceptors (Lipinski definition) is 2. The minimum absolute atomic E-state index is 0.481. The number of ether oxygens (including phenoxy) is 1. The van der Waals surface area contributed by atoms with E-state index in [0.29, 0.717) is 29.0 Å². The van der Waals surface area contributed by atoms with Crippen molar-refractivity contribution in [2.45, 2.75) is 91.3 Å². The minimum Gasteiger partial charge on any atom is -0.378 e. The molecule has 2 fully saturated rings. The van der Waals surface area contributed by atoms with E-state index >= 15 is 0 Å². The lowest BCUT2D eigenvalue weighted by Gasteiger charge is -2.46. The molecule has 1 heterocycles. The van der Waals surface area contributed by atoms with Crippen LogP contribution in [0.3, 0.4) is 0 Å². The summed E-state index contributed by atoms with van der Waals surface area (Å²) in [4.78, 5) is 0. The smallest absolute Gasteiger partial charge is 0.0587 e. The fraction of sp³-hybridized carbons (Fsp3) is 1.00. The normalized spacial score (nSPS) is 35.2. The first-order valence-corrected chi connectivity index (χ1v) is 8.17. The Labute approximate surface area is 119 Å². The van der Waals surface area contributed by atoms with Crippen LogP contribution in [0.5, 0.6) is 0 Å². The Kier molecular flexibility index (Phi) is 4.62. The van der Waals surface area contributed by atoms with E-state index < -0.39 is 0 Å². The van der Waals surface area contributed by atoms with Crippen LogP contribution in [0, 0.1) is 10.8 Å². The summed E-state index contributed by atoms with van der Waals surface area (Å²) in [7, 11) is 0. The van der Waals surface area contributed by atoms with Crippen molar-refractivity contribution in [2.24, 2.45) is 10.8 Å². The average molecular weight is 267 g/mol. The van der Waals surface area contributed by atoms with Crippen LogP contribution in [0.25, 0.3) is 0 Å². The first-order chi connectivity index (χ1) is 8.80. The van der Waals surface area contributed by atoms with Crippen LogP contribution in [0.15, 0.2) is 0 Å². The maximum Gasteiger partial charge on any atom is 0.0587 e. The largest absolute Gasteiger partial charge is 0.378 e. The molecule has 1 saturated heterocycles. The molecule has 1 saturated carbocycles. The molecular formula is C17H33NO. The van der Waals surface area contributed by atoms with Crippen LogP contribution >= 0.6 is 0 Å². The summed E-state index contributed by atoms with van der Waals surface area (Å²) in [5, 5.41) is 3.95. The highest BCUT2D eigenvalue weighted by molar-refractivity contribution is 4.94. The number of nitrogens with one attached hydrogen (secondary N) is 1. The predicted octanol–water partition coefficient (Wildman–Crippen LogP) is 4.14. The molecule has 0 spiro atoms. The minimum atomic E-state index is 0.481. The maximum atomic E-state index is 5.79. The zero-order chi connectivity index (χ0) is 14.1. The molecule has 2 unspecified atom stereocenters. The Balaban J connectivity index is 1.91. The molecule has 2 nitrogen and oxygen atoms in total. The van der Waals surface area contributed by atoms with Crippen LogP contribution in [0.4, 0.5) is 0 Å². The number of rotatable bonds is 3. The van der Waals surface area contributed by atoms with Gasteiger partial charge in [-0.3, -0.25) is 0 Å². The van der Waals surface area contributed by atoms with Crippen LogP contribution in [0.1, 0.15) is 73.1 Å². The first-order valence-electron chi connectivity index (χ1n) is 8.17. The van der Waals surface area contributed by atoms with E-state index in [4.69, 9.17) is 4.74 Å². The standard InChI is InChI=1S/C17H33NO/c1-6-15-9-13(7-8-19-15)18-14-10-16(2,3)12-17(4,5)11-14/h13-15,18H,6-12H2,1-5H3. The van der Waals surface area contributed by atoms with Crippen LogP contribution in [-0.4, -0.2) is 24.8 Å². The van der Waals surface area contributed by atoms with Gasteiger partial charge in [0.15, 0.2) is 0 Å². The molecule has 2 heteroatoms. The van der Waals surface area contributed by atoms with E-state index in [9.17, 15) is 0 Å². The van der Waals surface area contributed by atoms with Gasteiger partial charge in [-0.25, -0.2) is 0 Å². The lowest BCUT2D eigenvalue weighted by Crippen LogP contribution is -2.49. The third-order valence-electron chi connectivity index (χ3n) is 4.85. The first kappa shape index (κ1) is 15.3. The summed E-state index contributed by atoms with van der Waals surface area (Å²) in [5.74, 6) is 0. The maximum absolute atomic E-state index is 5.79. The molecule has 0 bridgehead atoms. The lowest BCUT2D eigenvalue weighted by atomic mass is 9.63. The topological polar surface area (TPSA) is 21.3 Å². The number of hydrogen-bond donors (Lipinski definition) is 1. The van der Waals surface area contributed by atoms with E-state index in [0.717, 1.165) is 13.0 Å². The Morgan fingerprint density at radius 3 is 2.26 bits per heavy atom. The molecule has 1 N–H and O–H groups in total. The van der Waals surface area contributed by atoms with E-state index in [1.165, 1.54) is 32.1 Å². The van der Waals surface area contributed by atoms with Gasteiger partial charge in [0.05, 0.1) is 6.10 Å². The van der Waals surface area contributed by atoms with Gasteiger partial charge in [-0.2, -0.15) is 0 Å². The lowest BCUT2D eigenvalue weighted by molar-refractivity contribution is -0.00797. The fourth-order valence-corrected chi connectivity index (χ4v) is 4.61. The van der Waals surface area contributed by atoms with E-state index in [1.807, 2.05) is 0 Å². The molecule has 2 aliphatic rings.